The average Bonchev–Trinajstić information content (AvgIpc) is 3.97. The Balaban J connectivity index is 0.000000122. The molecule has 0 aliphatic carbocycles. The number of fused-ring (bicyclic) bond motifs is 16. The van der Waals surface area contributed by atoms with Gasteiger partial charge >= 0.3 is 11.9 Å². The van der Waals surface area contributed by atoms with Crippen LogP contribution < -0.4 is 9.47 Å². The Morgan fingerprint density at radius 1 is 0.287 bits per heavy atom. The number of phenolic OH excluding ortho intramolecular Hbond substituents is 4. The third-order valence-electron chi connectivity index (χ3n) is 15.1. The highest BCUT2D eigenvalue weighted by Gasteiger charge is 2.55. The van der Waals surface area contributed by atoms with Crippen LogP contribution in [-0.4, -0.2) is 32.4 Å². The molecule has 0 amide bonds. The van der Waals surface area contributed by atoms with Gasteiger partial charge in [-0.3, -0.25) is 0 Å². The summed E-state index contributed by atoms with van der Waals surface area (Å²) in [4.78, 5) is 26.1. The number of carbonyl (C=O) groups excluding carboxylic acids is 2. The second-order valence-electron chi connectivity index (χ2n) is 20.3. The van der Waals surface area contributed by atoms with E-state index in [2.05, 4.69) is 38.1 Å². The minimum Gasteiger partial charge on any atom is -0.508 e. The molecule has 2 spiro atoms. The molecule has 0 saturated heterocycles. The number of carbonyl (C=O) groups is 2. The lowest BCUT2D eigenvalue weighted by Crippen LogP contribution is -2.33. The first-order chi connectivity index (χ1) is 38.8. The molecule has 0 radical (unpaired) electrons. The largest absolute Gasteiger partial charge is 0.508 e. The second kappa shape index (κ2) is 19.2. The Kier molecular flexibility index (Phi) is 11.7. The predicted molar refractivity (Wildman–Crippen MR) is 308 cm³/mol. The predicted octanol–water partition coefficient (Wildman–Crippen LogP) is 15.9. The molecule has 10 heteroatoms. The Morgan fingerprint density at radius 3 is 0.838 bits per heavy atom. The molecule has 4 aliphatic heterocycles. The van der Waals surface area contributed by atoms with Gasteiger partial charge in [0.1, 0.15) is 46.0 Å². The third kappa shape index (κ3) is 8.29. The molecule has 0 aromatic heterocycles. The number of ether oxygens (including phenoxy) is 4. The lowest BCUT2D eigenvalue weighted by atomic mass is 9.76. The van der Waals surface area contributed by atoms with Crippen LogP contribution in [0.15, 0.2) is 231 Å². The van der Waals surface area contributed by atoms with E-state index in [-0.39, 0.29) is 34.9 Å². The van der Waals surface area contributed by atoms with Gasteiger partial charge in [0, 0.05) is 33.4 Å². The zero-order chi connectivity index (χ0) is 54.9. The quantitative estimate of drug-likeness (QED) is 0.108. The molecular formula is C70H48O10. The van der Waals surface area contributed by atoms with Gasteiger partial charge in [-0.2, -0.15) is 0 Å². The number of aryl methyl sites for hydroxylation is 2. The van der Waals surface area contributed by atoms with Crippen LogP contribution in [0.1, 0.15) is 65.2 Å². The summed E-state index contributed by atoms with van der Waals surface area (Å²) in [6, 6.07) is 71.2. The van der Waals surface area contributed by atoms with Crippen LogP contribution >= 0.6 is 0 Å². The second-order valence-corrected chi connectivity index (χ2v) is 20.3. The van der Waals surface area contributed by atoms with E-state index in [0.29, 0.717) is 34.1 Å². The number of rotatable bonds is 0. The molecular weight excluding hydrogens is 1000 g/mol. The Hall–Kier alpha value is -10.6. The van der Waals surface area contributed by atoms with Gasteiger partial charge < -0.3 is 39.4 Å². The standard InChI is InChI=1S/2C28H16O5.2C7H8/c2*29-19-7-5-15-11-23-25(13-17(15)9-19)32-26-14-18-10-20(30)8-6-16(18)12-24(26)28(23)22-4-2-1-3-21(22)27(31)33-28;2*1-7-5-3-2-4-6-7/h2*1-14,29-30H;2*2-6H,1H3. The first kappa shape index (κ1) is 49.0. The van der Waals surface area contributed by atoms with Crippen LogP contribution in [0.25, 0.3) is 43.1 Å². The number of hydrogen-bond acceptors (Lipinski definition) is 10. The monoisotopic (exact) mass is 1050 g/mol. The maximum absolute atomic E-state index is 13.0. The summed E-state index contributed by atoms with van der Waals surface area (Å²) in [6.07, 6.45) is 0. The smallest absolute Gasteiger partial charge is 0.340 e. The van der Waals surface area contributed by atoms with E-state index < -0.39 is 11.2 Å². The molecule has 4 heterocycles. The summed E-state index contributed by atoms with van der Waals surface area (Å²) in [6.45, 7) is 4.17. The molecule has 16 rings (SSSR count). The summed E-state index contributed by atoms with van der Waals surface area (Å²) in [5, 5.41) is 46.7. The first-order valence-electron chi connectivity index (χ1n) is 26.0. The number of hydrogen-bond donors (Lipinski definition) is 4. The van der Waals surface area contributed by atoms with Gasteiger partial charge in [0.15, 0.2) is 11.2 Å². The van der Waals surface area contributed by atoms with Crippen LogP contribution in [0.3, 0.4) is 0 Å². The van der Waals surface area contributed by atoms with Crippen LogP contribution in [-0.2, 0) is 20.7 Å². The minimum absolute atomic E-state index is 0.160. The maximum atomic E-state index is 13.0. The number of phenols is 4. The van der Waals surface area contributed by atoms with Crippen LogP contribution in [0.5, 0.6) is 46.0 Å². The molecule has 0 fully saturated rings. The van der Waals surface area contributed by atoms with E-state index in [1.165, 1.54) is 11.1 Å². The molecule has 388 valence electrons. The normalized spacial score (nSPS) is 14.0. The van der Waals surface area contributed by atoms with E-state index in [4.69, 9.17) is 18.9 Å². The van der Waals surface area contributed by atoms with Gasteiger partial charge in [-0.05, 0) is 166 Å². The zero-order valence-electron chi connectivity index (χ0n) is 43.2. The van der Waals surface area contributed by atoms with Crippen molar-refractivity contribution >= 4 is 55.0 Å². The highest BCUT2D eigenvalue weighted by molar-refractivity contribution is 6.01. The SMILES string of the molecule is Cc1ccccc1.Cc1ccccc1.O=C1OC2(c3cc4ccc(O)cc4cc3Oc3cc4cc(O)ccc4cc32)c2ccccc21.O=C1OC2(c3cc4ccc(O)cc4cc3Oc3cc4cc(O)ccc4cc32)c2ccccc21. The molecule has 12 aromatic rings. The summed E-state index contributed by atoms with van der Waals surface area (Å²) in [5.41, 5.74) is 5.77. The maximum Gasteiger partial charge on any atom is 0.340 e. The van der Waals surface area contributed by atoms with Gasteiger partial charge in [0.2, 0.25) is 0 Å². The van der Waals surface area contributed by atoms with E-state index in [1.54, 1.807) is 60.7 Å². The molecule has 0 bridgehead atoms. The third-order valence-corrected chi connectivity index (χ3v) is 15.1. The summed E-state index contributed by atoms with van der Waals surface area (Å²) < 4.78 is 25.2. The van der Waals surface area contributed by atoms with Gasteiger partial charge in [-0.15, -0.1) is 0 Å². The molecule has 10 nitrogen and oxygen atoms in total. The van der Waals surface area contributed by atoms with Crippen molar-refractivity contribution in [1.29, 1.82) is 0 Å². The Morgan fingerprint density at radius 2 is 0.562 bits per heavy atom. The topological polar surface area (TPSA) is 152 Å². The van der Waals surface area contributed by atoms with Gasteiger partial charge in [-0.1, -0.05) is 132 Å². The fraction of sp³-hybridized carbons (Fsp3) is 0.0571. The molecule has 0 saturated carbocycles. The molecule has 0 unspecified atom stereocenters. The van der Waals surface area contributed by atoms with Crippen molar-refractivity contribution in [2.45, 2.75) is 25.0 Å². The van der Waals surface area contributed by atoms with Crippen LogP contribution in [0.4, 0.5) is 0 Å². The highest BCUT2D eigenvalue weighted by Crippen LogP contribution is 2.59. The molecule has 0 atom stereocenters. The van der Waals surface area contributed by atoms with E-state index in [9.17, 15) is 30.0 Å². The van der Waals surface area contributed by atoms with Crippen molar-refractivity contribution in [2.75, 3.05) is 0 Å². The van der Waals surface area contributed by atoms with Crippen molar-refractivity contribution < 1.29 is 49.0 Å². The zero-order valence-corrected chi connectivity index (χ0v) is 43.2. The fourth-order valence-corrected chi connectivity index (χ4v) is 11.3. The van der Waals surface area contributed by atoms with Gasteiger partial charge in [0.25, 0.3) is 0 Å². The van der Waals surface area contributed by atoms with Crippen molar-refractivity contribution in [1.82, 2.24) is 0 Å². The van der Waals surface area contributed by atoms with E-state index in [1.807, 2.05) is 146 Å². The first-order valence-corrected chi connectivity index (χ1v) is 26.0. The lowest BCUT2D eigenvalue weighted by Gasteiger charge is -2.37. The minimum atomic E-state index is -1.17. The lowest BCUT2D eigenvalue weighted by molar-refractivity contribution is 0.0215. The number of benzene rings is 12. The van der Waals surface area contributed by atoms with Crippen LogP contribution in [0.2, 0.25) is 0 Å². The molecule has 80 heavy (non-hydrogen) atoms. The van der Waals surface area contributed by atoms with E-state index in [0.717, 1.165) is 76.5 Å². The summed E-state index contributed by atoms with van der Waals surface area (Å²) >= 11 is 0. The average molecular weight is 1050 g/mol. The molecule has 4 N–H and O–H groups in total. The molecule has 4 aliphatic rings. The summed E-state index contributed by atoms with van der Waals surface area (Å²) in [7, 11) is 0. The van der Waals surface area contributed by atoms with Crippen LogP contribution in [0, 0.1) is 13.8 Å². The Bertz CT molecular complexity index is 4020. The number of aromatic hydroxyl groups is 4. The highest BCUT2D eigenvalue weighted by atomic mass is 16.6. The summed E-state index contributed by atoms with van der Waals surface area (Å²) in [5.74, 6) is 2.05. The number of esters is 2. The van der Waals surface area contributed by atoms with Crippen molar-refractivity contribution in [3.63, 3.8) is 0 Å². The van der Waals surface area contributed by atoms with E-state index >= 15 is 0 Å². The van der Waals surface area contributed by atoms with Gasteiger partial charge in [0.05, 0.1) is 11.1 Å². The van der Waals surface area contributed by atoms with Crippen molar-refractivity contribution in [3.05, 3.63) is 286 Å². The fourth-order valence-electron chi connectivity index (χ4n) is 11.3. The van der Waals surface area contributed by atoms with Crippen molar-refractivity contribution in [2.24, 2.45) is 0 Å². The Labute approximate surface area is 459 Å². The van der Waals surface area contributed by atoms with Crippen molar-refractivity contribution in [3.8, 4) is 46.0 Å². The van der Waals surface area contributed by atoms with Gasteiger partial charge in [-0.25, -0.2) is 9.59 Å². The molecule has 12 aromatic carbocycles.